The second-order valence-electron chi connectivity index (χ2n) is 9.46. The van der Waals surface area contributed by atoms with Crippen LogP contribution < -0.4 is 9.80 Å². The standard InChI is InChI=1S/C29H25BrN6O2/c30-24-8-4-15-31-25(24)20-34-18-13-29(14-19-34)26(37)35(28(38)36(29)27-32-16-5-17-33-27)23-11-9-22(10-12-23)21-6-2-1-3-7-21/h1-12,15-17H,13-14,18-20H2. The number of nitrogens with zero attached hydrogens (tertiary/aromatic N) is 6. The van der Waals surface area contributed by atoms with Gasteiger partial charge >= 0.3 is 6.03 Å². The Morgan fingerprint density at radius 1 is 0.763 bits per heavy atom. The highest BCUT2D eigenvalue weighted by atomic mass is 79.9. The van der Waals surface area contributed by atoms with Gasteiger partial charge in [0, 0.05) is 42.7 Å². The van der Waals surface area contributed by atoms with Crippen LogP contribution in [0.5, 0.6) is 0 Å². The second kappa shape index (κ2) is 10.1. The molecule has 8 nitrogen and oxygen atoms in total. The first-order chi connectivity index (χ1) is 18.6. The summed E-state index contributed by atoms with van der Waals surface area (Å²) in [6, 6.07) is 22.7. The largest absolute Gasteiger partial charge is 0.339 e. The van der Waals surface area contributed by atoms with E-state index >= 15 is 0 Å². The van der Waals surface area contributed by atoms with Gasteiger partial charge in [-0.3, -0.25) is 14.7 Å². The van der Waals surface area contributed by atoms with Crippen molar-refractivity contribution in [2.45, 2.75) is 24.9 Å². The van der Waals surface area contributed by atoms with Gasteiger partial charge in [-0.25, -0.2) is 24.6 Å². The fourth-order valence-electron chi connectivity index (χ4n) is 5.28. The molecule has 0 bridgehead atoms. The third kappa shape index (κ3) is 4.27. The zero-order valence-corrected chi connectivity index (χ0v) is 22.2. The third-order valence-corrected chi connectivity index (χ3v) is 8.01. The molecule has 4 aromatic rings. The number of piperidine rings is 1. The van der Waals surface area contributed by atoms with Crippen LogP contribution in [0.1, 0.15) is 18.5 Å². The summed E-state index contributed by atoms with van der Waals surface area (Å²) in [4.78, 5) is 46.3. The number of benzene rings is 2. The molecule has 4 heterocycles. The van der Waals surface area contributed by atoms with Crippen molar-refractivity contribution in [2.24, 2.45) is 0 Å². The summed E-state index contributed by atoms with van der Waals surface area (Å²) in [7, 11) is 0. The number of hydrogen-bond acceptors (Lipinski definition) is 6. The number of likely N-dealkylation sites (tertiary alicyclic amines) is 1. The molecule has 0 atom stereocenters. The summed E-state index contributed by atoms with van der Waals surface area (Å²) in [6.45, 7) is 1.92. The predicted octanol–water partition coefficient (Wildman–Crippen LogP) is 5.31. The minimum absolute atomic E-state index is 0.235. The molecule has 0 N–H and O–H groups in total. The maximum atomic E-state index is 14.1. The Hall–Kier alpha value is -3.95. The van der Waals surface area contributed by atoms with Crippen molar-refractivity contribution in [2.75, 3.05) is 22.9 Å². The molecule has 2 fully saturated rings. The van der Waals surface area contributed by atoms with E-state index in [9.17, 15) is 9.59 Å². The summed E-state index contributed by atoms with van der Waals surface area (Å²) in [5, 5.41) is 0. The number of urea groups is 1. The minimum atomic E-state index is -1.05. The lowest BCUT2D eigenvalue weighted by atomic mass is 9.85. The van der Waals surface area contributed by atoms with E-state index in [2.05, 4.69) is 35.8 Å². The predicted molar refractivity (Wildman–Crippen MR) is 148 cm³/mol. The number of imide groups is 1. The maximum absolute atomic E-state index is 14.1. The van der Waals surface area contributed by atoms with Crippen molar-refractivity contribution in [1.29, 1.82) is 0 Å². The number of rotatable bonds is 5. The lowest BCUT2D eigenvalue weighted by Crippen LogP contribution is -2.57. The molecule has 38 heavy (non-hydrogen) atoms. The van der Waals surface area contributed by atoms with Crippen molar-refractivity contribution >= 4 is 39.5 Å². The van der Waals surface area contributed by atoms with Gasteiger partial charge in [-0.15, -0.1) is 0 Å². The van der Waals surface area contributed by atoms with Crippen LogP contribution in [-0.4, -0.2) is 50.4 Å². The summed E-state index contributed by atoms with van der Waals surface area (Å²) in [6.07, 6.45) is 5.91. The molecule has 2 aliphatic rings. The highest BCUT2D eigenvalue weighted by Crippen LogP contribution is 2.41. The van der Waals surface area contributed by atoms with E-state index in [1.165, 1.54) is 9.80 Å². The monoisotopic (exact) mass is 568 g/mol. The summed E-state index contributed by atoms with van der Waals surface area (Å²) in [5.74, 6) is 0.0104. The highest BCUT2D eigenvalue weighted by molar-refractivity contribution is 9.10. The Labute approximate surface area is 229 Å². The fourth-order valence-corrected chi connectivity index (χ4v) is 5.66. The van der Waals surface area contributed by atoms with Crippen molar-refractivity contribution in [3.05, 3.63) is 102 Å². The van der Waals surface area contributed by atoms with E-state index in [1.54, 1.807) is 24.7 Å². The first kappa shape index (κ1) is 24.4. The third-order valence-electron chi connectivity index (χ3n) is 7.29. The topological polar surface area (TPSA) is 82.5 Å². The molecule has 2 aliphatic heterocycles. The molecule has 190 valence electrons. The zero-order chi connectivity index (χ0) is 26.1. The van der Waals surface area contributed by atoms with E-state index in [-0.39, 0.29) is 11.9 Å². The maximum Gasteiger partial charge on any atom is 0.339 e. The van der Waals surface area contributed by atoms with E-state index in [0.29, 0.717) is 38.2 Å². The molecular weight excluding hydrogens is 544 g/mol. The smallest absolute Gasteiger partial charge is 0.297 e. The first-order valence-corrected chi connectivity index (χ1v) is 13.3. The fraction of sp³-hybridized carbons (Fsp3) is 0.207. The number of amides is 3. The van der Waals surface area contributed by atoms with E-state index in [0.717, 1.165) is 21.3 Å². The Morgan fingerprint density at radius 3 is 2.11 bits per heavy atom. The van der Waals surface area contributed by atoms with Crippen LogP contribution in [0.3, 0.4) is 0 Å². The molecule has 0 aliphatic carbocycles. The molecular formula is C29H25BrN6O2. The summed E-state index contributed by atoms with van der Waals surface area (Å²) in [5.41, 5.74) is 2.52. The molecule has 3 amide bonds. The van der Waals surface area contributed by atoms with Crippen LogP contribution in [0, 0.1) is 0 Å². The average Bonchev–Trinajstić information content (AvgIpc) is 3.17. The Morgan fingerprint density at radius 2 is 1.42 bits per heavy atom. The molecule has 0 saturated carbocycles. The van der Waals surface area contributed by atoms with Gasteiger partial charge < -0.3 is 0 Å². The van der Waals surface area contributed by atoms with Gasteiger partial charge in [0.1, 0.15) is 5.54 Å². The number of anilines is 2. The van der Waals surface area contributed by atoms with Crippen molar-refractivity contribution < 1.29 is 9.59 Å². The number of pyridine rings is 1. The van der Waals surface area contributed by atoms with Crippen LogP contribution in [0.15, 0.2) is 95.9 Å². The van der Waals surface area contributed by atoms with Crippen LogP contribution in [-0.2, 0) is 11.3 Å². The lowest BCUT2D eigenvalue weighted by molar-refractivity contribution is -0.123. The highest BCUT2D eigenvalue weighted by Gasteiger charge is 2.60. The van der Waals surface area contributed by atoms with Gasteiger partial charge in [0.05, 0.1) is 11.4 Å². The normalized spacial score (nSPS) is 17.4. The van der Waals surface area contributed by atoms with Crippen molar-refractivity contribution in [3.63, 3.8) is 0 Å². The van der Waals surface area contributed by atoms with Crippen LogP contribution in [0.4, 0.5) is 16.4 Å². The molecule has 2 aromatic carbocycles. The van der Waals surface area contributed by atoms with E-state index < -0.39 is 11.6 Å². The molecule has 0 radical (unpaired) electrons. The SMILES string of the molecule is O=C1N(c2ccc(-c3ccccc3)cc2)C(=O)C2(CCN(Cc3ncccc3Br)CC2)N1c1ncccn1. The zero-order valence-electron chi connectivity index (χ0n) is 20.6. The van der Waals surface area contributed by atoms with Crippen molar-refractivity contribution in [1.82, 2.24) is 19.9 Å². The second-order valence-corrected chi connectivity index (χ2v) is 10.3. The Bertz CT molecular complexity index is 1460. The molecule has 2 aromatic heterocycles. The lowest BCUT2D eigenvalue weighted by Gasteiger charge is -2.41. The molecule has 2 saturated heterocycles. The molecule has 0 unspecified atom stereocenters. The Kier molecular flexibility index (Phi) is 6.47. The number of aromatic nitrogens is 3. The van der Waals surface area contributed by atoms with Crippen LogP contribution in [0.2, 0.25) is 0 Å². The van der Waals surface area contributed by atoms with E-state index in [4.69, 9.17) is 0 Å². The van der Waals surface area contributed by atoms with Crippen molar-refractivity contribution in [3.8, 4) is 11.1 Å². The average molecular weight is 569 g/mol. The quantitative estimate of drug-likeness (QED) is 0.303. The van der Waals surface area contributed by atoms with Crippen LogP contribution in [0.25, 0.3) is 11.1 Å². The number of carbonyl (C=O) groups is 2. The number of halogens is 1. The minimum Gasteiger partial charge on any atom is -0.297 e. The molecule has 1 spiro atoms. The number of hydrogen-bond donors (Lipinski definition) is 0. The molecule has 6 rings (SSSR count). The molecule has 9 heteroatoms. The van der Waals surface area contributed by atoms with Gasteiger partial charge in [0.2, 0.25) is 5.95 Å². The van der Waals surface area contributed by atoms with Gasteiger partial charge in [-0.1, -0.05) is 42.5 Å². The van der Waals surface area contributed by atoms with Crippen LogP contribution >= 0.6 is 15.9 Å². The summed E-state index contributed by atoms with van der Waals surface area (Å²) >= 11 is 3.57. The first-order valence-electron chi connectivity index (χ1n) is 12.5. The number of carbonyl (C=O) groups excluding carboxylic acids is 2. The van der Waals surface area contributed by atoms with E-state index in [1.807, 2.05) is 66.7 Å². The van der Waals surface area contributed by atoms with Gasteiger partial charge in [-0.2, -0.15) is 0 Å². The van der Waals surface area contributed by atoms with Gasteiger partial charge in [0.25, 0.3) is 5.91 Å². The Balaban J connectivity index is 1.30. The summed E-state index contributed by atoms with van der Waals surface area (Å²) < 4.78 is 0.955. The van der Waals surface area contributed by atoms with Gasteiger partial charge in [0.15, 0.2) is 0 Å². The van der Waals surface area contributed by atoms with Gasteiger partial charge in [-0.05, 0) is 70.2 Å².